The number of ether oxygens (including phenoxy) is 1. The number of hydrogen-bond acceptors (Lipinski definition) is 4. The van der Waals surface area contributed by atoms with Crippen molar-refractivity contribution in [2.45, 2.75) is 12.8 Å². The third-order valence-corrected chi connectivity index (χ3v) is 3.14. The number of nitrogens with zero attached hydrogens (tertiary/aromatic N) is 1. The fourth-order valence-electron chi connectivity index (χ4n) is 2.30. The zero-order valence-corrected chi connectivity index (χ0v) is 9.77. The molecule has 0 radical (unpaired) electrons. The maximum absolute atomic E-state index is 5.24. The number of nitrogens with two attached hydrogens (primary N) is 1. The van der Waals surface area contributed by atoms with Gasteiger partial charge in [0, 0.05) is 24.7 Å². The Balaban J connectivity index is 2.33. The van der Waals surface area contributed by atoms with E-state index < -0.39 is 0 Å². The largest absolute Gasteiger partial charge is 0.497 e. The molecule has 1 aliphatic rings. The molecule has 0 spiro atoms. The highest BCUT2D eigenvalue weighted by molar-refractivity contribution is 5.62. The second-order valence-electron chi connectivity index (χ2n) is 3.99. The first-order valence-corrected chi connectivity index (χ1v) is 5.54. The van der Waals surface area contributed by atoms with Gasteiger partial charge >= 0.3 is 0 Å². The van der Waals surface area contributed by atoms with Gasteiger partial charge in [-0.25, -0.2) is 5.90 Å². The highest BCUT2D eigenvalue weighted by atomic mass is 16.6. The Hall–Kier alpha value is -1.26. The third-order valence-electron chi connectivity index (χ3n) is 3.14. The van der Waals surface area contributed by atoms with Crippen molar-refractivity contribution in [2.75, 3.05) is 31.7 Å². The molecule has 0 aliphatic carbocycles. The number of benzene rings is 1. The minimum Gasteiger partial charge on any atom is -0.497 e. The van der Waals surface area contributed by atoms with Crippen LogP contribution in [0.4, 0.5) is 5.69 Å². The third kappa shape index (κ3) is 1.86. The molecule has 0 saturated carbocycles. The van der Waals surface area contributed by atoms with Crippen molar-refractivity contribution in [3.05, 3.63) is 23.8 Å². The van der Waals surface area contributed by atoms with Crippen LogP contribution >= 0.6 is 0 Å². The van der Waals surface area contributed by atoms with E-state index in [0.29, 0.717) is 12.5 Å². The van der Waals surface area contributed by atoms with Gasteiger partial charge in [0.2, 0.25) is 0 Å². The van der Waals surface area contributed by atoms with Crippen molar-refractivity contribution in [3.63, 3.8) is 0 Å². The van der Waals surface area contributed by atoms with E-state index in [9.17, 15) is 0 Å². The molecule has 0 amide bonds. The summed E-state index contributed by atoms with van der Waals surface area (Å²) in [6.07, 6.45) is 0. The molecule has 1 aromatic rings. The molecule has 1 aromatic carbocycles. The van der Waals surface area contributed by atoms with Crippen LogP contribution in [0.1, 0.15) is 18.4 Å². The lowest BCUT2D eigenvalue weighted by molar-refractivity contribution is 0.126. The first kappa shape index (κ1) is 11.2. The Labute approximate surface area is 95.9 Å². The van der Waals surface area contributed by atoms with E-state index in [4.69, 9.17) is 15.5 Å². The number of anilines is 1. The van der Waals surface area contributed by atoms with Crippen LogP contribution < -0.4 is 15.5 Å². The summed E-state index contributed by atoms with van der Waals surface area (Å²) >= 11 is 0. The van der Waals surface area contributed by atoms with Gasteiger partial charge < -0.3 is 14.5 Å². The second-order valence-corrected chi connectivity index (χ2v) is 3.99. The molecule has 4 heteroatoms. The van der Waals surface area contributed by atoms with Gasteiger partial charge in [0.25, 0.3) is 0 Å². The molecule has 1 heterocycles. The number of methoxy groups -OCH3 is 1. The lowest BCUT2D eigenvalue weighted by Crippen LogP contribution is -2.23. The second kappa shape index (κ2) is 4.72. The predicted octanol–water partition coefficient (Wildman–Crippen LogP) is 1.51. The Morgan fingerprint density at radius 2 is 2.31 bits per heavy atom. The van der Waals surface area contributed by atoms with Gasteiger partial charge in [-0.05, 0) is 30.7 Å². The van der Waals surface area contributed by atoms with Crippen molar-refractivity contribution in [1.82, 2.24) is 0 Å². The normalized spacial score (nSPS) is 18.7. The molecule has 2 rings (SSSR count). The first-order valence-electron chi connectivity index (χ1n) is 5.54. The highest BCUT2D eigenvalue weighted by Crippen LogP contribution is 2.38. The molecule has 0 bridgehead atoms. The van der Waals surface area contributed by atoms with Crippen LogP contribution in [-0.4, -0.2) is 26.8 Å². The lowest BCUT2D eigenvalue weighted by Gasteiger charge is -2.16. The molecular weight excluding hydrogens is 204 g/mol. The molecule has 16 heavy (non-hydrogen) atoms. The van der Waals surface area contributed by atoms with E-state index in [1.54, 1.807) is 7.11 Å². The highest BCUT2D eigenvalue weighted by Gasteiger charge is 2.28. The molecular formula is C12H18N2O2. The van der Waals surface area contributed by atoms with Crippen molar-refractivity contribution in [3.8, 4) is 5.75 Å². The summed E-state index contributed by atoms with van der Waals surface area (Å²) in [7, 11) is 1.68. The molecule has 1 atom stereocenters. The van der Waals surface area contributed by atoms with Crippen LogP contribution in [0.2, 0.25) is 0 Å². The number of rotatable bonds is 4. The van der Waals surface area contributed by atoms with E-state index in [1.807, 2.05) is 6.07 Å². The van der Waals surface area contributed by atoms with Crippen molar-refractivity contribution < 1.29 is 9.57 Å². The summed E-state index contributed by atoms with van der Waals surface area (Å²) in [6, 6.07) is 6.18. The van der Waals surface area contributed by atoms with Crippen molar-refractivity contribution >= 4 is 5.69 Å². The molecule has 1 aliphatic heterocycles. The van der Waals surface area contributed by atoms with Gasteiger partial charge in [0.05, 0.1) is 13.7 Å². The average Bonchev–Trinajstić information content (AvgIpc) is 2.67. The maximum Gasteiger partial charge on any atom is 0.119 e. The lowest BCUT2D eigenvalue weighted by atomic mass is 10.0. The summed E-state index contributed by atoms with van der Waals surface area (Å²) in [5, 5.41) is 0. The summed E-state index contributed by atoms with van der Waals surface area (Å²) in [5.74, 6) is 6.40. The van der Waals surface area contributed by atoms with E-state index in [-0.39, 0.29) is 0 Å². The summed E-state index contributed by atoms with van der Waals surface area (Å²) in [6.45, 7) is 4.67. The Morgan fingerprint density at radius 3 is 2.94 bits per heavy atom. The topological polar surface area (TPSA) is 47.7 Å². The fourth-order valence-corrected chi connectivity index (χ4v) is 2.30. The monoisotopic (exact) mass is 222 g/mol. The van der Waals surface area contributed by atoms with Crippen molar-refractivity contribution in [2.24, 2.45) is 5.90 Å². The van der Waals surface area contributed by atoms with Crippen LogP contribution in [0.15, 0.2) is 18.2 Å². The van der Waals surface area contributed by atoms with Gasteiger partial charge in [-0.1, -0.05) is 0 Å². The molecule has 0 saturated heterocycles. The Bertz CT molecular complexity index is 368. The zero-order chi connectivity index (χ0) is 11.5. The summed E-state index contributed by atoms with van der Waals surface area (Å²) < 4.78 is 5.24. The minimum atomic E-state index is 0.343. The maximum atomic E-state index is 5.24. The molecule has 4 nitrogen and oxygen atoms in total. The number of likely N-dealkylation sites (N-methyl/N-ethyl adjacent to an activating group) is 1. The zero-order valence-electron chi connectivity index (χ0n) is 9.77. The number of fused-ring (bicyclic) bond motifs is 1. The summed E-state index contributed by atoms with van der Waals surface area (Å²) in [4.78, 5) is 7.11. The van der Waals surface area contributed by atoms with Crippen LogP contribution in [0.3, 0.4) is 0 Å². The molecule has 1 unspecified atom stereocenters. The molecule has 88 valence electrons. The summed E-state index contributed by atoms with van der Waals surface area (Å²) in [5.41, 5.74) is 2.54. The van der Waals surface area contributed by atoms with E-state index in [2.05, 4.69) is 24.0 Å². The quantitative estimate of drug-likeness (QED) is 0.784. The number of hydrogen-bond donors (Lipinski definition) is 1. The van der Waals surface area contributed by atoms with Gasteiger partial charge in [-0.3, -0.25) is 0 Å². The SMILES string of the molecule is CCN1CC(CON)c2cc(OC)ccc21. The van der Waals surface area contributed by atoms with Gasteiger partial charge in [-0.15, -0.1) is 0 Å². The van der Waals surface area contributed by atoms with Gasteiger partial charge in [0.15, 0.2) is 0 Å². The van der Waals surface area contributed by atoms with Crippen LogP contribution in [0.5, 0.6) is 5.75 Å². The fraction of sp³-hybridized carbons (Fsp3) is 0.500. The molecule has 2 N–H and O–H groups in total. The van der Waals surface area contributed by atoms with Crippen LogP contribution in [0, 0.1) is 0 Å². The predicted molar refractivity (Wildman–Crippen MR) is 63.8 cm³/mol. The van der Waals surface area contributed by atoms with Crippen LogP contribution in [0.25, 0.3) is 0 Å². The average molecular weight is 222 g/mol. The van der Waals surface area contributed by atoms with Crippen LogP contribution in [-0.2, 0) is 4.84 Å². The first-order chi connectivity index (χ1) is 7.80. The van der Waals surface area contributed by atoms with Crippen molar-refractivity contribution in [1.29, 1.82) is 0 Å². The standard InChI is InChI=1S/C12H18N2O2/c1-3-14-7-9(8-16-13)11-6-10(15-2)4-5-12(11)14/h4-6,9H,3,7-8,13H2,1-2H3. The van der Waals surface area contributed by atoms with E-state index in [1.165, 1.54) is 11.3 Å². The van der Waals surface area contributed by atoms with Gasteiger partial charge in [-0.2, -0.15) is 0 Å². The molecule has 0 aromatic heterocycles. The Morgan fingerprint density at radius 1 is 1.50 bits per heavy atom. The van der Waals surface area contributed by atoms with Gasteiger partial charge in [0.1, 0.15) is 5.75 Å². The molecule has 0 fully saturated rings. The van der Waals surface area contributed by atoms with E-state index in [0.717, 1.165) is 18.8 Å². The Kier molecular flexibility index (Phi) is 3.31. The van der Waals surface area contributed by atoms with E-state index >= 15 is 0 Å². The smallest absolute Gasteiger partial charge is 0.119 e. The minimum absolute atomic E-state index is 0.343.